The monoisotopic (exact) mass is 463 g/mol. The van der Waals surface area contributed by atoms with Crippen molar-refractivity contribution in [2.45, 2.75) is 13.0 Å². The van der Waals surface area contributed by atoms with Gasteiger partial charge in [0, 0.05) is 5.39 Å². The van der Waals surface area contributed by atoms with E-state index in [-0.39, 0.29) is 28.0 Å². The van der Waals surface area contributed by atoms with E-state index in [9.17, 15) is 19.8 Å². The van der Waals surface area contributed by atoms with Gasteiger partial charge in [-0.2, -0.15) is 0 Å². The Bertz CT molecular complexity index is 1420. The molecule has 2 aromatic heterocycles. The van der Waals surface area contributed by atoms with E-state index in [0.29, 0.717) is 21.5 Å². The summed E-state index contributed by atoms with van der Waals surface area (Å²) in [7, 11) is 1.39. The second-order valence-electron chi connectivity index (χ2n) is 7.35. The number of rotatable bonds is 5. The number of ether oxygens (including phenoxy) is 1. The number of anilines is 1. The normalized spacial score (nSPS) is 16.1. The van der Waals surface area contributed by atoms with E-state index < -0.39 is 23.5 Å². The third kappa shape index (κ3) is 3.31. The third-order valence-electron chi connectivity index (χ3n) is 5.34. The number of aromatic nitrogens is 2. The lowest BCUT2D eigenvalue weighted by atomic mass is 9.95. The lowest BCUT2D eigenvalue weighted by Gasteiger charge is -2.24. The third-order valence-corrected chi connectivity index (χ3v) is 6.18. The number of benzene rings is 2. The van der Waals surface area contributed by atoms with Gasteiger partial charge in [0.25, 0.3) is 5.91 Å². The van der Waals surface area contributed by atoms with Crippen molar-refractivity contribution in [3.63, 3.8) is 0 Å². The summed E-state index contributed by atoms with van der Waals surface area (Å²) in [5.74, 6) is -2.11. The predicted molar refractivity (Wildman–Crippen MR) is 120 cm³/mol. The minimum absolute atomic E-state index is 0.0170. The number of methoxy groups -OCH3 is 1. The van der Waals surface area contributed by atoms with Gasteiger partial charge in [-0.15, -0.1) is 10.2 Å². The summed E-state index contributed by atoms with van der Waals surface area (Å²) in [6, 6.07) is 12.1. The van der Waals surface area contributed by atoms with Crippen molar-refractivity contribution in [2.24, 2.45) is 0 Å². The van der Waals surface area contributed by atoms with Crippen LogP contribution in [0.15, 0.2) is 64.3 Å². The van der Waals surface area contributed by atoms with E-state index in [4.69, 9.17) is 9.15 Å². The standard InChI is InChI=1S/C23H17N3O6S/c1-11-24-25-23(33-11)26-19(13-7-8-14(27)16(10-13)31-2)18(21(29)22(26)30)20(28)17-9-12-5-3-4-6-15(12)32-17/h3-10,19,27,29H,1-2H3/t19-/m0/s1. The number of carbonyl (C=O) groups excluding carboxylic acids is 2. The molecule has 2 N–H and O–H groups in total. The fraction of sp³-hybridized carbons (Fsp3) is 0.130. The number of aryl methyl sites for hydroxylation is 1. The van der Waals surface area contributed by atoms with Crippen LogP contribution in [-0.2, 0) is 4.79 Å². The molecule has 9 nitrogen and oxygen atoms in total. The topological polar surface area (TPSA) is 126 Å². The average Bonchev–Trinajstić information content (AvgIpc) is 3.50. The SMILES string of the molecule is COc1cc([C@H]2C(C(=O)c3cc4ccccc4o3)=C(O)C(=O)N2c2nnc(C)s2)ccc1O. The molecule has 3 heterocycles. The van der Waals surface area contributed by atoms with E-state index in [2.05, 4.69) is 10.2 Å². The lowest BCUT2D eigenvalue weighted by Crippen LogP contribution is -2.31. The fourth-order valence-corrected chi connectivity index (χ4v) is 4.54. The summed E-state index contributed by atoms with van der Waals surface area (Å²) in [5, 5.41) is 30.4. The second-order valence-corrected chi connectivity index (χ2v) is 8.51. The molecule has 1 aliphatic rings. The van der Waals surface area contributed by atoms with Crippen LogP contribution >= 0.6 is 11.3 Å². The van der Waals surface area contributed by atoms with Gasteiger partial charge in [0.1, 0.15) is 10.6 Å². The zero-order chi connectivity index (χ0) is 23.3. The highest BCUT2D eigenvalue weighted by Gasteiger charge is 2.47. The van der Waals surface area contributed by atoms with E-state index in [1.54, 1.807) is 37.3 Å². The number of aliphatic hydroxyl groups excluding tert-OH is 1. The molecule has 2 aromatic carbocycles. The Kier molecular flexibility index (Phi) is 4.86. The number of Topliss-reactive ketones (excluding diaryl/α,β-unsaturated/α-hetero) is 1. The molecule has 0 saturated carbocycles. The highest BCUT2D eigenvalue weighted by Crippen LogP contribution is 2.44. The molecule has 1 atom stereocenters. The number of para-hydroxylation sites is 1. The van der Waals surface area contributed by atoms with Crippen molar-refractivity contribution in [3.8, 4) is 11.5 Å². The number of hydrogen-bond acceptors (Lipinski definition) is 9. The van der Waals surface area contributed by atoms with Crippen LogP contribution in [0.5, 0.6) is 11.5 Å². The maximum atomic E-state index is 13.6. The summed E-state index contributed by atoms with van der Waals surface area (Å²) in [6.07, 6.45) is 0. The van der Waals surface area contributed by atoms with Gasteiger partial charge in [-0.05, 0) is 36.8 Å². The van der Waals surface area contributed by atoms with Gasteiger partial charge in [0.15, 0.2) is 23.0 Å². The first-order chi connectivity index (χ1) is 15.9. The van der Waals surface area contributed by atoms with Crippen LogP contribution in [0.25, 0.3) is 11.0 Å². The Morgan fingerprint density at radius 1 is 1.15 bits per heavy atom. The number of ketones is 1. The molecular formula is C23H17N3O6S. The Morgan fingerprint density at radius 2 is 1.94 bits per heavy atom. The summed E-state index contributed by atoms with van der Waals surface area (Å²) in [6.45, 7) is 1.73. The zero-order valence-electron chi connectivity index (χ0n) is 17.5. The highest BCUT2D eigenvalue weighted by molar-refractivity contribution is 7.15. The summed E-state index contributed by atoms with van der Waals surface area (Å²) in [5.41, 5.74) is 0.763. The van der Waals surface area contributed by atoms with Gasteiger partial charge in [-0.25, -0.2) is 0 Å². The van der Waals surface area contributed by atoms with E-state index in [0.717, 1.165) is 11.3 Å². The number of phenolic OH excluding ortho intramolecular Hbond substituents is 1. The number of phenols is 1. The summed E-state index contributed by atoms with van der Waals surface area (Å²) < 4.78 is 10.9. The first-order valence-electron chi connectivity index (χ1n) is 9.86. The molecule has 0 saturated heterocycles. The van der Waals surface area contributed by atoms with Gasteiger partial charge in [0.2, 0.25) is 10.9 Å². The molecule has 0 aliphatic carbocycles. The van der Waals surface area contributed by atoms with E-state index in [1.165, 1.54) is 24.1 Å². The largest absolute Gasteiger partial charge is 0.504 e. The molecule has 10 heteroatoms. The highest BCUT2D eigenvalue weighted by atomic mass is 32.1. The van der Waals surface area contributed by atoms with Gasteiger partial charge < -0.3 is 19.4 Å². The first-order valence-corrected chi connectivity index (χ1v) is 10.7. The van der Waals surface area contributed by atoms with Crippen molar-refractivity contribution in [3.05, 3.63) is 76.2 Å². The van der Waals surface area contributed by atoms with Crippen LogP contribution in [0.3, 0.4) is 0 Å². The molecule has 5 rings (SSSR count). The molecule has 4 aromatic rings. The van der Waals surface area contributed by atoms with Crippen LogP contribution in [0.1, 0.15) is 27.2 Å². The molecule has 166 valence electrons. The minimum Gasteiger partial charge on any atom is -0.504 e. The van der Waals surface area contributed by atoms with Gasteiger partial charge in [-0.1, -0.05) is 35.6 Å². The Labute approximate surface area is 191 Å². The number of hydrogen-bond donors (Lipinski definition) is 2. The van der Waals surface area contributed by atoms with Crippen molar-refractivity contribution < 1.29 is 29.0 Å². The van der Waals surface area contributed by atoms with Crippen LogP contribution in [-0.4, -0.2) is 39.2 Å². The molecule has 0 radical (unpaired) electrons. The van der Waals surface area contributed by atoms with Crippen molar-refractivity contribution in [1.29, 1.82) is 0 Å². The first kappa shape index (κ1) is 20.7. The number of fused-ring (bicyclic) bond motifs is 1. The van der Waals surface area contributed by atoms with Crippen LogP contribution < -0.4 is 9.64 Å². The van der Waals surface area contributed by atoms with Crippen LogP contribution in [0, 0.1) is 6.92 Å². The van der Waals surface area contributed by atoms with Gasteiger partial charge in [-0.3, -0.25) is 14.5 Å². The molecule has 1 amide bonds. The zero-order valence-corrected chi connectivity index (χ0v) is 18.3. The fourth-order valence-electron chi connectivity index (χ4n) is 3.82. The van der Waals surface area contributed by atoms with E-state index >= 15 is 0 Å². The lowest BCUT2D eigenvalue weighted by molar-refractivity contribution is -0.117. The number of amides is 1. The molecular weight excluding hydrogens is 446 g/mol. The summed E-state index contributed by atoms with van der Waals surface area (Å²) >= 11 is 1.15. The van der Waals surface area contributed by atoms with Crippen molar-refractivity contribution >= 4 is 39.1 Å². The van der Waals surface area contributed by atoms with Crippen molar-refractivity contribution in [1.82, 2.24) is 10.2 Å². The Morgan fingerprint density at radius 3 is 2.64 bits per heavy atom. The number of aliphatic hydroxyl groups is 1. The Balaban J connectivity index is 1.68. The van der Waals surface area contributed by atoms with Crippen LogP contribution in [0.2, 0.25) is 0 Å². The predicted octanol–water partition coefficient (Wildman–Crippen LogP) is 4.09. The maximum Gasteiger partial charge on any atom is 0.296 e. The number of furan rings is 1. The second kappa shape index (κ2) is 7.75. The van der Waals surface area contributed by atoms with E-state index in [1.807, 2.05) is 6.07 Å². The molecule has 0 spiro atoms. The molecule has 0 bridgehead atoms. The van der Waals surface area contributed by atoms with Crippen molar-refractivity contribution in [2.75, 3.05) is 12.0 Å². The number of aromatic hydroxyl groups is 1. The number of carbonyl (C=O) groups is 2. The minimum atomic E-state index is -1.04. The molecule has 33 heavy (non-hydrogen) atoms. The molecule has 1 aliphatic heterocycles. The maximum absolute atomic E-state index is 13.6. The van der Waals surface area contributed by atoms with Gasteiger partial charge >= 0.3 is 0 Å². The summed E-state index contributed by atoms with van der Waals surface area (Å²) in [4.78, 5) is 27.9. The van der Waals surface area contributed by atoms with Gasteiger partial charge in [0.05, 0.1) is 18.7 Å². The molecule has 0 fully saturated rings. The van der Waals surface area contributed by atoms with Crippen LogP contribution in [0.4, 0.5) is 5.13 Å². The molecule has 0 unspecified atom stereocenters. The number of nitrogens with zero attached hydrogens (tertiary/aromatic N) is 3. The quantitative estimate of drug-likeness (QED) is 0.424. The average molecular weight is 463 g/mol. The Hall–Kier alpha value is -4.18. The smallest absolute Gasteiger partial charge is 0.296 e.